The van der Waals surface area contributed by atoms with E-state index in [1.54, 1.807) is 6.92 Å². The summed E-state index contributed by atoms with van der Waals surface area (Å²) in [5.41, 5.74) is 6.38. The molecular weight excluding hydrogens is 285 g/mol. The highest BCUT2D eigenvalue weighted by atomic mass is 32.2. The summed E-state index contributed by atoms with van der Waals surface area (Å²) >= 11 is 0. The van der Waals surface area contributed by atoms with Crippen LogP contribution in [-0.4, -0.2) is 40.1 Å². The number of rotatable bonds is 5. The van der Waals surface area contributed by atoms with Crippen LogP contribution in [-0.2, 0) is 16.4 Å². The molecule has 0 unspecified atom stereocenters. The first kappa shape index (κ1) is 14.4. The van der Waals surface area contributed by atoms with Crippen molar-refractivity contribution in [2.75, 3.05) is 17.2 Å². The maximum Gasteiger partial charge on any atom is 0.184 e. The summed E-state index contributed by atoms with van der Waals surface area (Å²) < 4.78 is 37.4. The SMILES string of the molecule is CCS(=O)(=O)CCn1nnnc1-c1ccc(F)cc1N. The molecule has 108 valence electrons. The fourth-order valence-electron chi connectivity index (χ4n) is 1.66. The fourth-order valence-corrected chi connectivity index (χ4v) is 2.40. The smallest absolute Gasteiger partial charge is 0.184 e. The van der Waals surface area contributed by atoms with Crippen molar-refractivity contribution in [3.05, 3.63) is 24.0 Å². The van der Waals surface area contributed by atoms with Crippen LogP contribution in [0.2, 0.25) is 0 Å². The lowest BCUT2D eigenvalue weighted by atomic mass is 10.1. The maximum absolute atomic E-state index is 13.0. The molecule has 0 fully saturated rings. The molecule has 1 heterocycles. The van der Waals surface area contributed by atoms with Crippen molar-refractivity contribution in [3.63, 3.8) is 0 Å². The summed E-state index contributed by atoms with van der Waals surface area (Å²) in [4.78, 5) is 0. The molecule has 2 rings (SSSR count). The van der Waals surface area contributed by atoms with Crippen LogP contribution in [0.1, 0.15) is 6.92 Å². The normalized spacial score (nSPS) is 11.7. The van der Waals surface area contributed by atoms with Gasteiger partial charge in [0, 0.05) is 17.0 Å². The lowest BCUT2D eigenvalue weighted by molar-refractivity contribution is 0.577. The van der Waals surface area contributed by atoms with Gasteiger partial charge in [0.1, 0.15) is 5.82 Å². The number of halogens is 1. The number of hydrogen-bond donors (Lipinski definition) is 1. The van der Waals surface area contributed by atoms with Crippen molar-refractivity contribution in [3.8, 4) is 11.4 Å². The first-order valence-corrected chi connectivity index (χ1v) is 7.77. The van der Waals surface area contributed by atoms with Gasteiger partial charge in [-0.2, -0.15) is 0 Å². The van der Waals surface area contributed by atoms with Gasteiger partial charge in [-0.15, -0.1) is 5.10 Å². The number of nitrogens with two attached hydrogens (primary N) is 1. The van der Waals surface area contributed by atoms with Gasteiger partial charge in [-0.05, 0) is 28.6 Å². The van der Waals surface area contributed by atoms with E-state index < -0.39 is 15.7 Å². The Morgan fingerprint density at radius 1 is 1.40 bits per heavy atom. The summed E-state index contributed by atoms with van der Waals surface area (Å²) in [5.74, 6) is -0.154. The van der Waals surface area contributed by atoms with Gasteiger partial charge in [0.25, 0.3) is 0 Å². The second kappa shape index (κ2) is 5.53. The zero-order chi connectivity index (χ0) is 14.8. The van der Waals surface area contributed by atoms with Crippen LogP contribution in [0.3, 0.4) is 0 Å². The number of aromatic nitrogens is 4. The zero-order valence-electron chi connectivity index (χ0n) is 10.8. The van der Waals surface area contributed by atoms with E-state index in [-0.39, 0.29) is 23.7 Å². The summed E-state index contributed by atoms with van der Waals surface area (Å²) in [6.45, 7) is 1.70. The highest BCUT2D eigenvalue weighted by Crippen LogP contribution is 2.23. The van der Waals surface area contributed by atoms with E-state index in [1.807, 2.05) is 0 Å². The highest BCUT2D eigenvalue weighted by Gasteiger charge is 2.15. The van der Waals surface area contributed by atoms with E-state index in [4.69, 9.17) is 5.73 Å². The van der Waals surface area contributed by atoms with Gasteiger partial charge in [-0.1, -0.05) is 6.92 Å². The molecule has 0 saturated heterocycles. The quantitative estimate of drug-likeness (QED) is 0.806. The molecule has 0 saturated carbocycles. The molecule has 0 aliphatic carbocycles. The average molecular weight is 299 g/mol. The van der Waals surface area contributed by atoms with Gasteiger partial charge < -0.3 is 5.73 Å². The van der Waals surface area contributed by atoms with E-state index in [0.29, 0.717) is 11.4 Å². The van der Waals surface area contributed by atoms with Crippen LogP contribution in [0.5, 0.6) is 0 Å². The molecule has 2 N–H and O–H groups in total. The van der Waals surface area contributed by atoms with Crippen LogP contribution in [0.25, 0.3) is 11.4 Å². The van der Waals surface area contributed by atoms with Crippen molar-refractivity contribution < 1.29 is 12.8 Å². The second-order valence-electron chi connectivity index (χ2n) is 4.19. The minimum absolute atomic E-state index is 0.0587. The molecule has 1 aromatic carbocycles. The fraction of sp³-hybridized carbons (Fsp3) is 0.364. The molecule has 20 heavy (non-hydrogen) atoms. The van der Waals surface area contributed by atoms with Crippen LogP contribution in [0, 0.1) is 5.82 Å². The van der Waals surface area contributed by atoms with Crippen LogP contribution in [0.15, 0.2) is 18.2 Å². The topological polar surface area (TPSA) is 104 Å². The Morgan fingerprint density at radius 2 is 2.15 bits per heavy atom. The molecule has 0 bridgehead atoms. The van der Waals surface area contributed by atoms with Crippen LogP contribution < -0.4 is 5.73 Å². The molecule has 0 amide bonds. The third-order valence-corrected chi connectivity index (χ3v) is 4.52. The monoisotopic (exact) mass is 299 g/mol. The van der Waals surface area contributed by atoms with Gasteiger partial charge >= 0.3 is 0 Å². The van der Waals surface area contributed by atoms with E-state index >= 15 is 0 Å². The van der Waals surface area contributed by atoms with E-state index in [0.717, 1.165) is 6.07 Å². The number of sulfone groups is 1. The molecular formula is C11H14FN5O2S. The summed E-state index contributed by atoms with van der Waals surface area (Å²) in [5, 5.41) is 11.1. The molecule has 9 heteroatoms. The number of benzene rings is 1. The first-order chi connectivity index (χ1) is 9.43. The van der Waals surface area contributed by atoms with Crippen molar-refractivity contribution in [1.29, 1.82) is 0 Å². The molecule has 0 atom stereocenters. The third kappa shape index (κ3) is 3.10. The summed E-state index contributed by atoms with van der Waals surface area (Å²) in [6, 6.07) is 3.87. The van der Waals surface area contributed by atoms with Gasteiger partial charge in [-0.3, -0.25) is 0 Å². The van der Waals surface area contributed by atoms with Gasteiger partial charge in [-0.25, -0.2) is 17.5 Å². The largest absolute Gasteiger partial charge is 0.398 e. The van der Waals surface area contributed by atoms with E-state index in [1.165, 1.54) is 16.8 Å². The highest BCUT2D eigenvalue weighted by molar-refractivity contribution is 7.91. The minimum Gasteiger partial charge on any atom is -0.398 e. The number of anilines is 1. The molecule has 0 aliphatic rings. The predicted molar refractivity (Wildman–Crippen MR) is 72.0 cm³/mol. The maximum atomic E-state index is 13.0. The van der Waals surface area contributed by atoms with Crippen molar-refractivity contribution in [2.45, 2.75) is 13.5 Å². The van der Waals surface area contributed by atoms with Gasteiger partial charge in [0.05, 0.1) is 12.3 Å². The molecule has 7 nitrogen and oxygen atoms in total. The summed E-state index contributed by atoms with van der Waals surface area (Å²) in [6.07, 6.45) is 0. The van der Waals surface area contributed by atoms with Crippen molar-refractivity contribution in [2.24, 2.45) is 0 Å². The Kier molecular flexibility index (Phi) is 3.98. The summed E-state index contributed by atoms with van der Waals surface area (Å²) in [7, 11) is -3.12. The van der Waals surface area contributed by atoms with E-state index in [9.17, 15) is 12.8 Å². The molecule has 2 aromatic rings. The average Bonchev–Trinajstić information content (AvgIpc) is 2.85. The van der Waals surface area contributed by atoms with Crippen LogP contribution in [0.4, 0.5) is 10.1 Å². The number of hydrogen-bond acceptors (Lipinski definition) is 6. The Balaban J connectivity index is 2.29. The molecule has 0 aliphatic heterocycles. The Hall–Kier alpha value is -2.03. The standard InChI is InChI=1S/C11H14FN5O2S/c1-2-20(18,19)6-5-17-11(14-15-16-17)9-4-3-8(12)7-10(9)13/h3-4,7H,2,5-6,13H2,1H3. The number of nitrogen functional groups attached to an aromatic ring is 1. The van der Waals surface area contributed by atoms with Crippen molar-refractivity contribution in [1.82, 2.24) is 20.2 Å². The Bertz CT molecular complexity index is 713. The first-order valence-electron chi connectivity index (χ1n) is 5.95. The number of nitrogens with zero attached hydrogens (tertiary/aromatic N) is 4. The van der Waals surface area contributed by atoms with Crippen molar-refractivity contribution >= 4 is 15.5 Å². The lowest BCUT2D eigenvalue weighted by Crippen LogP contribution is -2.16. The molecule has 0 radical (unpaired) electrons. The number of aryl methyl sites for hydroxylation is 1. The lowest BCUT2D eigenvalue weighted by Gasteiger charge is -2.07. The zero-order valence-corrected chi connectivity index (χ0v) is 11.6. The second-order valence-corrected chi connectivity index (χ2v) is 6.67. The molecule has 1 aromatic heterocycles. The van der Waals surface area contributed by atoms with E-state index in [2.05, 4.69) is 15.5 Å². The molecule has 0 spiro atoms. The number of tetrazole rings is 1. The third-order valence-electron chi connectivity index (χ3n) is 2.84. The Morgan fingerprint density at radius 3 is 2.80 bits per heavy atom. The predicted octanol–water partition coefficient (Wildman–Crippen LogP) is 0.496. The van der Waals surface area contributed by atoms with Gasteiger partial charge in [0.2, 0.25) is 0 Å². The Labute approximate surface area is 115 Å². The van der Waals surface area contributed by atoms with Gasteiger partial charge in [0.15, 0.2) is 15.7 Å². The minimum atomic E-state index is -3.12. The van der Waals surface area contributed by atoms with Crippen LogP contribution >= 0.6 is 0 Å².